The lowest BCUT2D eigenvalue weighted by Crippen LogP contribution is -2.32. The standard InChI is InChI=1S/C21H22N4O3S2/c26-20(11-14-25-13-3-5-16-4-1-2-6-19(16)25)23-17-7-9-18(10-8-17)30(27,28)24-21-22-12-15-29-21/h1-2,4,6-10,12,15H,3,5,11,13-14H2,(H,22,24)(H,23,26). The number of sulfonamides is 1. The van der Waals surface area contributed by atoms with E-state index in [0.717, 1.165) is 19.4 Å². The van der Waals surface area contributed by atoms with E-state index in [-0.39, 0.29) is 10.8 Å². The van der Waals surface area contributed by atoms with Crippen LogP contribution in [-0.4, -0.2) is 32.4 Å². The number of amides is 1. The number of carbonyl (C=O) groups excluding carboxylic acids is 1. The number of benzene rings is 2. The summed E-state index contributed by atoms with van der Waals surface area (Å²) in [5, 5.41) is 4.84. The molecule has 1 amide bonds. The molecule has 9 heteroatoms. The lowest BCUT2D eigenvalue weighted by atomic mass is 10.0. The molecule has 0 fully saturated rings. The first-order valence-electron chi connectivity index (χ1n) is 9.66. The minimum Gasteiger partial charge on any atom is -0.371 e. The molecule has 2 aromatic carbocycles. The molecule has 3 aromatic rings. The SMILES string of the molecule is O=C(CCN1CCCc2ccccc21)Nc1ccc(S(=O)(=O)Nc2nccs2)cc1. The first-order valence-corrected chi connectivity index (χ1v) is 12.0. The van der Waals surface area contributed by atoms with E-state index in [4.69, 9.17) is 0 Å². The van der Waals surface area contributed by atoms with Gasteiger partial charge in [-0.05, 0) is 48.7 Å². The molecule has 0 spiro atoms. The summed E-state index contributed by atoms with van der Waals surface area (Å²) in [7, 11) is -3.70. The number of para-hydroxylation sites is 1. The Morgan fingerprint density at radius 3 is 2.70 bits per heavy atom. The van der Waals surface area contributed by atoms with E-state index < -0.39 is 10.0 Å². The van der Waals surface area contributed by atoms with Crippen molar-refractivity contribution < 1.29 is 13.2 Å². The number of thiazole rings is 1. The maximum Gasteiger partial charge on any atom is 0.263 e. The van der Waals surface area contributed by atoms with Crippen LogP contribution in [0.15, 0.2) is 65.0 Å². The number of nitrogens with one attached hydrogen (secondary N) is 2. The maximum absolute atomic E-state index is 12.4. The molecule has 2 N–H and O–H groups in total. The summed E-state index contributed by atoms with van der Waals surface area (Å²) in [5.74, 6) is -0.102. The minimum absolute atomic E-state index is 0.102. The summed E-state index contributed by atoms with van der Waals surface area (Å²) in [6.07, 6.45) is 4.05. The number of anilines is 3. The highest BCUT2D eigenvalue weighted by Gasteiger charge is 2.18. The zero-order valence-electron chi connectivity index (χ0n) is 16.2. The number of aryl methyl sites for hydroxylation is 1. The Labute approximate surface area is 179 Å². The van der Waals surface area contributed by atoms with E-state index in [1.54, 1.807) is 17.5 Å². The molecule has 0 saturated heterocycles. The van der Waals surface area contributed by atoms with Crippen molar-refractivity contribution in [2.24, 2.45) is 0 Å². The lowest BCUT2D eigenvalue weighted by Gasteiger charge is -2.31. The molecule has 1 aliphatic rings. The smallest absolute Gasteiger partial charge is 0.263 e. The highest BCUT2D eigenvalue weighted by Crippen LogP contribution is 2.26. The number of carbonyl (C=O) groups is 1. The predicted octanol–water partition coefficient (Wildman–Crippen LogP) is 3.73. The van der Waals surface area contributed by atoms with Crippen molar-refractivity contribution in [2.45, 2.75) is 24.2 Å². The minimum atomic E-state index is -3.70. The second kappa shape index (κ2) is 8.85. The van der Waals surface area contributed by atoms with Crippen molar-refractivity contribution in [1.82, 2.24) is 4.98 Å². The average Bonchev–Trinajstić information content (AvgIpc) is 3.25. The van der Waals surface area contributed by atoms with Gasteiger partial charge in [0.15, 0.2) is 5.13 Å². The van der Waals surface area contributed by atoms with Gasteiger partial charge in [-0.2, -0.15) is 0 Å². The summed E-state index contributed by atoms with van der Waals surface area (Å²) in [6, 6.07) is 14.4. The zero-order chi connectivity index (χ0) is 21.0. The number of rotatable bonds is 7. The van der Waals surface area contributed by atoms with Crippen LogP contribution in [-0.2, 0) is 21.2 Å². The van der Waals surface area contributed by atoms with Gasteiger partial charge in [-0.3, -0.25) is 9.52 Å². The van der Waals surface area contributed by atoms with Crippen LogP contribution in [0.25, 0.3) is 0 Å². The molecule has 4 rings (SSSR count). The van der Waals surface area contributed by atoms with E-state index in [9.17, 15) is 13.2 Å². The van der Waals surface area contributed by atoms with Gasteiger partial charge in [-0.15, -0.1) is 11.3 Å². The van der Waals surface area contributed by atoms with Crippen molar-refractivity contribution in [1.29, 1.82) is 0 Å². The maximum atomic E-state index is 12.4. The first-order chi connectivity index (χ1) is 14.5. The molecule has 30 heavy (non-hydrogen) atoms. The third-order valence-electron chi connectivity index (χ3n) is 4.92. The number of hydrogen-bond donors (Lipinski definition) is 2. The number of fused-ring (bicyclic) bond motifs is 1. The van der Waals surface area contributed by atoms with Crippen LogP contribution in [0.5, 0.6) is 0 Å². The summed E-state index contributed by atoms with van der Waals surface area (Å²) < 4.78 is 27.2. The van der Waals surface area contributed by atoms with Crippen LogP contribution < -0.4 is 14.9 Å². The molecular weight excluding hydrogens is 420 g/mol. The molecule has 0 unspecified atom stereocenters. The molecule has 0 aliphatic carbocycles. The summed E-state index contributed by atoms with van der Waals surface area (Å²) >= 11 is 1.21. The highest BCUT2D eigenvalue weighted by molar-refractivity contribution is 7.93. The molecule has 156 valence electrons. The average molecular weight is 443 g/mol. The normalized spacial score (nSPS) is 13.5. The molecule has 0 bridgehead atoms. The molecule has 0 atom stereocenters. The molecule has 1 aliphatic heterocycles. The van der Waals surface area contributed by atoms with Crippen LogP contribution in [0, 0.1) is 0 Å². The number of hydrogen-bond acceptors (Lipinski definition) is 6. The van der Waals surface area contributed by atoms with E-state index in [2.05, 4.69) is 32.1 Å². The third-order valence-corrected chi connectivity index (χ3v) is 7.09. The van der Waals surface area contributed by atoms with Crippen molar-refractivity contribution in [2.75, 3.05) is 28.0 Å². The summed E-state index contributed by atoms with van der Waals surface area (Å²) in [5.41, 5.74) is 3.10. The molecule has 1 aromatic heterocycles. The van der Waals surface area contributed by atoms with Gasteiger partial charge in [0, 0.05) is 42.5 Å². The molecule has 7 nitrogen and oxygen atoms in total. The Kier molecular flexibility index (Phi) is 6.01. The topological polar surface area (TPSA) is 91.4 Å². The third kappa shape index (κ3) is 4.80. The summed E-state index contributed by atoms with van der Waals surface area (Å²) in [4.78, 5) is 18.7. The summed E-state index contributed by atoms with van der Waals surface area (Å²) in [6.45, 7) is 1.59. The van der Waals surface area contributed by atoms with Gasteiger partial charge in [-0.25, -0.2) is 13.4 Å². The van der Waals surface area contributed by atoms with Gasteiger partial charge in [0.05, 0.1) is 4.90 Å². The van der Waals surface area contributed by atoms with E-state index in [1.807, 2.05) is 12.1 Å². The van der Waals surface area contributed by atoms with Crippen molar-refractivity contribution >= 4 is 43.8 Å². The van der Waals surface area contributed by atoms with Gasteiger partial charge < -0.3 is 10.2 Å². The van der Waals surface area contributed by atoms with Crippen LogP contribution in [0.1, 0.15) is 18.4 Å². The van der Waals surface area contributed by atoms with Crippen LogP contribution in [0.3, 0.4) is 0 Å². The van der Waals surface area contributed by atoms with Crippen LogP contribution in [0.4, 0.5) is 16.5 Å². The molecule has 0 saturated carbocycles. The second-order valence-electron chi connectivity index (χ2n) is 6.98. The number of nitrogens with zero attached hydrogens (tertiary/aromatic N) is 2. The van der Waals surface area contributed by atoms with E-state index >= 15 is 0 Å². The fraction of sp³-hybridized carbons (Fsp3) is 0.238. The van der Waals surface area contributed by atoms with Gasteiger partial charge in [-0.1, -0.05) is 18.2 Å². The molecular formula is C21H22N4O3S2. The highest BCUT2D eigenvalue weighted by atomic mass is 32.2. The Morgan fingerprint density at radius 1 is 1.13 bits per heavy atom. The van der Waals surface area contributed by atoms with Crippen molar-refractivity contribution in [3.05, 3.63) is 65.7 Å². The Hall–Kier alpha value is -2.91. The monoisotopic (exact) mass is 442 g/mol. The predicted molar refractivity (Wildman–Crippen MR) is 120 cm³/mol. The van der Waals surface area contributed by atoms with Crippen molar-refractivity contribution in [3.8, 4) is 0 Å². The Balaban J connectivity index is 1.33. The van der Waals surface area contributed by atoms with Crippen molar-refractivity contribution in [3.63, 3.8) is 0 Å². The van der Waals surface area contributed by atoms with Gasteiger partial charge in [0.25, 0.3) is 10.0 Å². The van der Waals surface area contributed by atoms with Gasteiger partial charge in [0.2, 0.25) is 5.91 Å². The van der Waals surface area contributed by atoms with Gasteiger partial charge >= 0.3 is 0 Å². The fourth-order valence-electron chi connectivity index (χ4n) is 3.47. The number of aromatic nitrogens is 1. The zero-order valence-corrected chi connectivity index (χ0v) is 17.9. The second-order valence-corrected chi connectivity index (χ2v) is 9.56. The lowest BCUT2D eigenvalue weighted by molar-refractivity contribution is -0.116. The Bertz CT molecular complexity index is 1110. The fourth-order valence-corrected chi connectivity index (χ4v) is 5.26. The first kappa shape index (κ1) is 20.4. The van der Waals surface area contributed by atoms with Crippen LogP contribution in [0.2, 0.25) is 0 Å². The van der Waals surface area contributed by atoms with Gasteiger partial charge in [0.1, 0.15) is 0 Å². The van der Waals surface area contributed by atoms with E-state index in [1.165, 1.54) is 40.9 Å². The Morgan fingerprint density at radius 2 is 1.93 bits per heavy atom. The van der Waals surface area contributed by atoms with E-state index in [0.29, 0.717) is 23.8 Å². The molecule has 0 radical (unpaired) electrons. The quantitative estimate of drug-likeness (QED) is 0.582. The molecule has 2 heterocycles. The van der Waals surface area contributed by atoms with Crippen LogP contribution >= 0.6 is 11.3 Å². The largest absolute Gasteiger partial charge is 0.371 e.